The molecule has 1 heterocycles. The number of ether oxygens (including phenoxy) is 1. The minimum atomic E-state index is 0.0357. The molecule has 16 heavy (non-hydrogen) atoms. The molecule has 0 aromatic heterocycles. The summed E-state index contributed by atoms with van der Waals surface area (Å²) in [6.45, 7) is 5.54. The van der Waals surface area contributed by atoms with E-state index >= 15 is 0 Å². The highest BCUT2D eigenvalue weighted by molar-refractivity contribution is 6.17. The van der Waals surface area contributed by atoms with E-state index in [1.807, 2.05) is 6.92 Å². The third-order valence-electron chi connectivity index (χ3n) is 3.37. The fraction of sp³-hybridized carbons (Fsp3) is 0.917. The maximum Gasteiger partial charge on any atom is 0.225 e. The summed E-state index contributed by atoms with van der Waals surface area (Å²) in [5.41, 5.74) is 0. The third-order valence-corrected chi connectivity index (χ3v) is 3.59. The summed E-state index contributed by atoms with van der Waals surface area (Å²) in [5.74, 6) is 1.34. The van der Waals surface area contributed by atoms with Crippen LogP contribution in [0.25, 0.3) is 0 Å². The van der Waals surface area contributed by atoms with Crippen LogP contribution < -0.4 is 5.32 Å². The van der Waals surface area contributed by atoms with Crippen LogP contribution in [0.5, 0.6) is 0 Å². The molecule has 0 aromatic carbocycles. The lowest BCUT2D eigenvalue weighted by Gasteiger charge is -2.18. The zero-order chi connectivity index (χ0) is 12.0. The van der Waals surface area contributed by atoms with E-state index < -0.39 is 0 Å². The Hall–Kier alpha value is -0.280. The zero-order valence-electron chi connectivity index (χ0n) is 10.2. The molecule has 0 radical (unpaired) electrons. The highest BCUT2D eigenvalue weighted by atomic mass is 35.5. The van der Waals surface area contributed by atoms with E-state index in [-0.39, 0.29) is 17.9 Å². The number of hydrogen-bond acceptors (Lipinski definition) is 2. The summed E-state index contributed by atoms with van der Waals surface area (Å²) < 4.78 is 5.39. The zero-order valence-corrected chi connectivity index (χ0v) is 10.9. The molecule has 1 saturated heterocycles. The van der Waals surface area contributed by atoms with Crippen molar-refractivity contribution in [2.45, 2.75) is 39.2 Å². The van der Waals surface area contributed by atoms with Crippen LogP contribution in [0.3, 0.4) is 0 Å². The third kappa shape index (κ3) is 3.95. The molecule has 0 aromatic rings. The molecular weight excluding hydrogens is 226 g/mol. The number of amides is 1. The smallest absolute Gasteiger partial charge is 0.225 e. The van der Waals surface area contributed by atoms with Gasteiger partial charge >= 0.3 is 0 Å². The van der Waals surface area contributed by atoms with Crippen LogP contribution in [0.15, 0.2) is 0 Å². The highest BCUT2D eigenvalue weighted by Crippen LogP contribution is 2.20. The van der Waals surface area contributed by atoms with Gasteiger partial charge in [0.15, 0.2) is 0 Å². The van der Waals surface area contributed by atoms with Gasteiger partial charge in [-0.3, -0.25) is 4.79 Å². The Morgan fingerprint density at radius 2 is 2.38 bits per heavy atom. The van der Waals surface area contributed by atoms with Crippen molar-refractivity contribution < 1.29 is 9.53 Å². The Morgan fingerprint density at radius 3 is 2.88 bits per heavy atom. The van der Waals surface area contributed by atoms with Gasteiger partial charge in [0.25, 0.3) is 0 Å². The average Bonchev–Trinajstić information content (AvgIpc) is 2.70. The summed E-state index contributed by atoms with van der Waals surface area (Å²) in [6, 6.07) is 0. The molecule has 1 rings (SSSR count). The highest BCUT2D eigenvalue weighted by Gasteiger charge is 2.30. The lowest BCUT2D eigenvalue weighted by Crippen LogP contribution is -2.37. The second kappa shape index (κ2) is 7.13. The van der Waals surface area contributed by atoms with Gasteiger partial charge in [0, 0.05) is 19.0 Å². The van der Waals surface area contributed by atoms with Crippen molar-refractivity contribution in [2.75, 3.05) is 19.0 Å². The summed E-state index contributed by atoms with van der Waals surface area (Å²) >= 11 is 5.71. The molecule has 4 heteroatoms. The molecule has 94 valence electrons. The topological polar surface area (TPSA) is 38.3 Å². The van der Waals surface area contributed by atoms with E-state index in [4.69, 9.17) is 16.3 Å². The van der Waals surface area contributed by atoms with Gasteiger partial charge in [0.05, 0.1) is 12.0 Å². The van der Waals surface area contributed by atoms with Gasteiger partial charge in [0.1, 0.15) is 0 Å². The number of hydrogen-bond donors (Lipinski definition) is 1. The molecule has 0 aliphatic carbocycles. The Bertz CT molecular complexity index is 223. The summed E-state index contributed by atoms with van der Waals surface area (Å²) in [6.07, 6.45) is 2.94. The van der Waals surface area contributed by atoms with Crippen molar-refractivity contribution in [3.63, 3.8) is 0 Å². The second-order valence-electron chi connectivity index (χ2n) is 4.47. The van der Waals surface area contributed by atoms with Crippen LogP contribution in [0, 0.1) is 11.8 Å². The maximum atomic E-state index is 11.9. The van der Waals surface area contributed by atoms with E-state index in [0.29, 0.717) is 18.4 Å². The molecule has 0 bridgehead atoms. The van der Waals surface area contributed by atoms with Crippen molar-refractivity contribution in [2.24, 2.45) is 11.8 Å². The molecule has 0 saturated carbocycles. The monoisotopic (exact) mass is 247 g/mol. The van der Waals surface area contributed by atoms with Gasteiger partial charge in [0.2, 0.25) is 5.91 Å². The fourth-order valence-electron chi connectivity index (χ4n) is 2.06. The van der Waals surface area contributed by atoms with Crippen LogP contribution in [-0.2, 0) is 9.53 Å². The SMILES string of the molecule is CCC(CCCl)CNC(=O)C1CCOC1C. The van der Waals surface area contributed by atoms with E-state index in [1.54, 1.807) is 0 Å². The molecule has 3 unspecified atom stereocenters. The largest absolute Gasteiger partial charge is 0.378 e. The van der Waals surface area contributed by atoms with Crippen LogP contribution >= 0.6 is 11.6 Å². The number of alkyl halides is 1. The maximum absolute atomic E-state index is 11.9. The minimum absolute atomic E-state index is 0.0357. The molecule has 1 aliphatic heterocycles. The number of carbonyl (C=O) groups excluding carboxylic acids is 1. The van der Waals surface area contributed by atoms with E-state index in [0.717, 1.165) is 25.8 Å². The van der Waals surface area contributed by atoms with E-state index in [9.17, 15) is 4.79 Å². The number of halogens is 1. The first-order valence-electron chi connectivity index (χ1n) is 6.14. The van der Waals surface area contributed by atoms with Gasteiger partial charge in [-0.1, -0.05) is 13.3 Å². The average molecular weight is 248 g/mol. The second-order valence-corrected chi connectivity index (χ2v) is 4.85. The van der Waals surface area contributed by atoms with Gasteiger partial charge in [-0.2, -0.15) is 0 Å². The quantitative estimate of drug-likeness (QED) is 0.731. The minimum Gasteiger partial charge on any atom is -0.378 e. The van der Waals surface area contributed by atoms with Crippen molar-refractivity contribution in [3.8, 4) is 0 Å². The van der Waals surface area contributed by atoms with Crippen molar-refractivity contribution in [3.05, 3.63) is 0 Å². The van der Waals surface area contributed by atoms with Gasteiger partial charge in [-0.05, 0) is 25.7 Å². The van der Waals surface area contributed by atoms with Gasteiger partial charge in [-0.15, -0.1) is 11.6 Å². The van der Waals surface area contributed by atoms with E-state index in [2.05, 4.69) is 12.2 Å². The number of carbonyl (C=O) groups is 1. The first-order valence-corrected chi connectivity index (χ1v) is 6.67. The molecule has 1 N–H and O–H groups in total. The summed E-state index contributed by atoms with van der Waals surface area (Å²) in [7, 11) is 0. The lowest BCUT2D eigenvalue weighted by molar-refractivity contribution is -0.126. The predicted molar refractivity (Wildman–Crippen MR) is 65.6 cm³/mol. The van der Waals surface area contributed by atoms with Crippen LogP contribution in [0.4, 0.5) is 0 Å². The Balaban J connectivity index is 2.28. The van der Waals surface area contributed by atoms with Crippen molar-refractivity contribution >= 4 is 17.5 Å². The molecule has 1 fully saturated rings. The number of rotatable bonds is 6. The van der Waals surface area contributed by atoms with Crippen LogP contribution in [-0.4, -0.2) is 31.0 Å². The summed E-state index contributed by atoms with van der Waals surface area (Å²) in [5, 5.41) is 3.01. The standard InChI is InChI=1S/C12H22ClNO2/c1-3-10(4-6-13)8-14-12(15)11-5-7-16-9(11)2/h9-11H,3-8H2,1-2H3,(H,14,15). The first kappa shape index (κ1) is 13.8. The lowest BCUT2D eigenvalue weighted by atomic mass is 10.00. The molecule has 1 aliphatic rings. The number of nitrogens with one attached hydrogen (secondary N) is 1. The normalized spacial score (nSPS) is 26.7. The van der Waals surface area contributed by atoms with E-state index in [1.165, 1.54) is 0 Å². The van der Waals surface area contributed by atoms with Gasteiger partial charge < -0.3 is 10.1 Å². The van der Waals surface area contributed by atoms with Crippen LogP contribution in [0.2, 0.25) is 0 Å². The van der Waals surface area contributed by atoms with Crippen molar-refractivity contribution in [1.82, 2.24) is 5.32 Å². The Morgan fingerprint density at radius 1 is 1.62 bits per heavy atom. The first-order chi connectivity index (χ1) is 7.69. The van der Waals surface area contributed by atoms with Crippen molar-refractivity contribution in [1.29, 1.82) is 0 Å². The predicted octanol–water partition coefficient (Wildman–Crippen LogP) is 2.18. The molecule has 3 atom stereocenters. The van der Waals surface area contributed by atoms with Crippen LogP contribution in [0.1, 0.15) is 33.1 Å². The summed E-state index contributed by atoms with van der Waals surface area (Å²) in [4.78, 5) is 11.9. The Labute approximate surface area is 103 Å². The molecule has 3 nitrogen and oxygen atoms in total. The molecule has 1 amide bonds. The molecular formula is C12H22ClNO2. The Kier molecular flexibility index (Phi) is 6.14. The fourth-order valence-corrected chi connectivity index (χ4v) is 2.37. The van der Waals surface area contributed by atoms with Gasteiger partial charge in [-0.25, -0.2) is 0 Å². The molecule has 0 spiro atoms.